The van der Waals surface area contributed by atoms with Crippen LogP contribution in [-0.4, -0.2) is 12.4 Å². The van der Waals surface area contributed by atoms with Crippen LogP contribution >= 0.6 is 22.9 Å². The summed E-state index contributed by atoms with van der Waals surface area (Å²) in [5.41, 5.74) is 1.41. The van der Waals surface area contributed by atoms with Gasteiger partial charge in [0.2, 0.25) is 0 Å². The standard InChI is InChI=1S/C12H18ClNS/c1-9-8-12(11(3)15-9)10(2)14-7-5-4-6-13/h4-5,8,10,14H,6-7H2,1-3H3/b5-4+. The van der Waals surface area contributed by atoms with Crippen molar-refractivity contribution in [2.45, 2.75) is 26.8 Å². The van der Waals surface area contributed by atoms with Crippen molar-refractivity contribution in [3.05, 3.63) is 33.5 Å². The number of hydrogen-bond acceptors (Lipinski definition) is 2. The molecule has 15 heavy (non-hydrogen) atoms. The molecule has 1 aromatic heterocycles. The van der Waals surface area contributed by atoms with Crippen LogP contribution in [0.3, 0.4) is 0 Å². The zero-order chi connectivity index (χ0) is 11.3. The molecule has 1 N–H and O–H groups in total. The maximum atomic E-state index is 5.55. The van der Waals surface area contributed by atoms with Gasteiger partial charge in [-0.3, -0.25) is 0 Å². The summed E-state index contributed by atoms with van der Waals surface area (Å²) in [5, 5.41) is 3.45. The lowest BCUT2D eigenvalue weighted by molar-refractivity contribution is 0.616. The first-order valence-corrected chi connectivity index (χ1v) is 6.51. The van der Waals surface area contributed by atoms with Gasteiger partial charge in [-0.1, -0.05) is 12.2 Å². The normalized spacial score (nSPS) is 13.6. The molecule has 0 bridgehead atoms. The van der Waals surface area contributed by atoms with Gasteiger partial charge in [-0.05, 0) is 32.4 Å². The van der Waals surface area contributed by atoms with E-state index in [2.05, 4.69) is 38.2 Å². The Morgan fingerprint density at radius 3 is 2.73 bits per heavy atom. The number of allylic oxidation sites excluding steroid dienone is 1. The van der Waals surface area contributed by atoms with E-state index in [1.807, 2.05) is 17.4 Å². The second kappa shape index (κ2) is 6.31. The van der Waals surface area contributed by atoms with Crippen molar-refractivity contribution >= 4 is 22.9 Å². The Labute approximate surface area is 101 Å². The van der Waals surface area contributed by atoms with Crippen LogP contribution in [-0.2, 0) is 0 Å². The quantitative estimate of drug-likeness (QED) is 0.613. The average Bonchev–Trinajstić information content (AvgIpc) is 2.52. The summed E-state index contributed by atoms with van der Waals surface area (Å²) in [6.45, 7) is 7.41. The third kappa shape index (κ3) is 3.98. The fourth-order valence-electron chi connectivity index (χ4n) is 1.58. The predicted octanol–water partition coefficient (Wildman–Crippen LogP) is 3.81. The van der Waals surface area contributed by atoms with E-state index in [-0.39, 0.29) is 0 Å². The molecule has 84 valence electrons. The van der Waals surface area contributed by atoms with Gasteiger partial charge in [-0.2, -0.15) is 0 Å². The molecule has 0 aromatic carbocycles. The van der Waals surface area contributed by atoms with E-state index in [9.17, 15) is 0 Å². The first-order chi connectivity index (χ1) is 7.15. The van der Waals surface area contributed by atoms with Crippen molar-refractivity contribution in [2.24, 2.45) is 0 Å². The molecule has 0 radical (unpaired) electrons. The van der Waals surface area contributed by atoms with E-state index in [1.54, 1.807) is 0 Å². The highest BCUT2D eigenvalue weighted by Gasteiger charge is 2.09. The van der Waals surface area contributed by atoms with Crippen molar-refractivity contribution in [1.82, 2.24) is 5.32 Å². The van der Waals surface area contributed by atoms with Gasteiger partial charge in [0.1, 0.15) is 0 Å². The van der Waals surface area contributed by atoms with Crippen LogP contribution in [0.2, 0.25) is 0 Å². The lowest BCUT2D eigenvalue weighted by Gasteiger charge is -2.11. The van der Waals surface area contributed by atoms with Crippen molar-refractivity contribution in [1.29, 1.82) is 0 Å². The first kappa shape index (κ1) is 12.8. The molecular weight excluding hydrogens is 226 g/mol. The second-order valence-electron chi connectivity index (χ2n) is 3.62. The smallest absolute Gasteiger partial charge is 0.0404 e. The van der Waals surface area contributed by atoms with Gasteiger partial charge < -0.3 is 5.32 Å². The highest BCUT2D eigenvalue weighted by Crippen LogP contribution is 2.25. The van der Waals surface area contributed by atoms with Crippen molar-refractivity contribution < 1.29 is 0 Å². The van der Waals surface area contributed by atoms with E-state index in [1.165, 1.54) is 15.3 Å². The summed E-state index contributed by atoms with van der Waals surface area (Å²) >= 11 is 7.41. The molecule has 1 unspecified atom stereocenters. The number of thiophene rings is 1. The Kier molecular flexibility index (Phi) is 5.37. The minimum absolute atomic E-state index is 0.412. The lowest BCUT2D eigenvalue weighted by atomic mass is 10.1. The molecule has 3 heteroatoms. The minimum Gasteiger partial charge on any atom is -0.307 e. The predicted molar refractivity (Wildman–Crippen MR) is 70.1 cm³/mol. The Morgan fingerprint density at radius 2 is 2.20 bits per heavy atom. The summed E-state index contributed by atoms with van der Waals surface area (Å²) in [6, 6.07) is 2.68. The van der Waals surface area contributed by atoms with E-state index in [0.717, 1.165) is 6.54 Å². The van der Waals surface area contributed by atoms with Gasteiger partial charge in [0, 0.05) is 28.2 Å². The SMILES string of the molecule is Cc1cc(C(C)NC/C=C/CCl)c(C)s1. The number of aryl methyl sites for hydroxylation is 2. The molecule has 1 heterocycles. The summed E-state index contributed by atoms with van der Waals surface area (Å²) in [7, 11) is 0. The largest absolute Gasteiger partial charge is 0.307 e. The zero-order valence-electron chi connectivity index (χ0n) is 9.51. The summed E-state index contributed by atoms with van der Waals surface area (Å²) in [6.07, 6.45) is 4.03. The van der Waals surface area contributed by atoms with Crippen molar-refractivity contribution in [2.75, 3.05) is 12.4 Å². The third-order valence-electron chi connectivity index (χ3n) is 2.34. The highest BCUT2D eigenvalue weighted by atomic mass is 35.5. The molecule has 0 amide bonds. The molecule has 0 aliphatic heterocycles. The molecular formula is C12H18ClNS. The summed E-state index contributed by atoms with van der Waals surface area (Å²) in [4.78, 5) is 2.79. The van der Waals surface area contributed by atoms with Gasteiger partial charge in [0.05, 0.1) is 0 Å². The topological polar surface area (TPSA) is 12.0 Å². The molecule has 0 fully saturated rings. The molecule has 0 aliphatic rings. The third-order valence-corrected chi connectivity index (χ3v) is 3.50. The van der Waals surface area contributed by atoms with Crippen LogP contribution in [0.25, 0.3) is 0 Å². The average molecular weight is 244 g/mol. The van der Waals surface area contributed by atoms with Crippen LogP contribution in [0, 0.1) is 13.8 Å². The maximum absolute atomic E-state index is 5.55. The number of rotatable bonds is 5. The molecule has 0 spiro atoms. The van der Waals surface area contributed by atoms with Crippen molar-refractivity contribution in [3.63, 3.8) is 0 Å². The molecule has 1 rings (SSSR count). The number of nitrogens with one attached hydrogen (secondary N) is 1. The van der Waals surface area contributed by atoms with E-state index < -0.39 is 0 Å². The van der Waals surface area contributed by atoms with E-state index in [0.29, 0.717) is 11.9 Å². The van der Waals surface area contributed by atoms with Gasteiger partial charge >= 0.3 is 0 Å². The molecule has 0 saturated heterocycles. The monoisotopic (exact) mass is 243 g/mol. The molecule has 1 atom stereocenters. The van der Waals surface area contributed by atoms with E-state index in [4.69, 9.17) is 11.6 Å². The Morgan fingerprint density at radius 1 is 1.47 bits per heavy atom. The Hall–Kier alpha value is -0.310. The Balaban J connectivity index is 2.50. The summed E-state index contributed by atoms with van der Waals surface area (Å²) < 4.78 is 0. The first-order valence-electron chi connectivity index (χ1n) is 5.16. The van der Waals surface area contributed by atoms with Gasteiger partial charge in [0.25, 0.3) is 0 Å². The van der Waals surface area contributed by atoms with Gasteiger partial charge in [-0.15, -0.1) is 22.9 Å². The van der Waals surface area contributed by atoms with Crippen LogP contribution in [0.4, 0.5) is 0 Å². The van der Waals surface area contributed by atoms with E-state index >= 15 is 0 Å². The minimum atomic E-state index is 0.412. The fourth-order valence-corrected chi connectivity index (χ4v) is 2.73. The number of halogens is 1. The van der Waals surface area contributed by atoms with Crippen LogP contribution in [0.15, 0.2) is 18.2 Å². The van der Waals surface area contributed by atoms with Gasteiger partial charge in [0.15, 0.2) is 0 Å². The zero-order valence-corrected chi connectivity index (χ0v) is 11.1. The maximum Gasteiger partial charge on any atom is 0.0404 e. The molecule has 0 saturated carbocycles. The highest BCUT2D eigenvalue weighted by molar-refractivity contribution is 7.12. The summed E-state index contributed by atoms with van der Waals surface area (Å²) in [5.74, 6) is 0.590. The second-order valence-corrected chi connectivity index (χ2v) is 5.39. The lowest BCUT2D eigenvalue weighted by Crippen LogP contribution is -2.18. The number of hydrogen-bond donors (Lipinski definition) is 1. The molecule has 1 nitrogen and oxygen atoms in total. The van der Waals surface area contributed by atoms with Crippen molar-refractivity contribution in [3.8, 4) is 0 Å². The molecule has 1 aromatic rings. The Bertz CT molecular complexity index is 330. The van der Waals surface area contributed by atoms with Crippen LogP contribution in [0.5, 0.6) is 0 Å². The van der Waals surface area contributed by atoms with Crippen LogP contribution in [0.1, 0.15) is 28.3 Å². The van der Waals surface area contributed by atoms with Crippen LogP contribution < -0.4 is 5.32 Å². The van der Waals surface area contributed by atoms with Gasteiger partial charge in [-0.25, -0.2) is 0 Å². The number of alkyl halides is 1. The molecule has 0 aliphatic carbocycles. The fraction of sp³-hybridized carbons (Fsp3) is 0.500.